The van der Waals surface area contributed by atoms with Crippen LogP contribution in [0.1, 0.15) is 68.1 Å². The van der Waals surface area contributed by atoms with Crippen molar-refractivity contribution in [1.29, 1.82) is 0 Å². The SMILES string of the molecule is O=C(N/N=C1\CCCCC1C1CCCCC1)c1cc2ccccc2cc1O. The van der Waals surface area contributed by atoms with Crippen molar-refractivity contribution in [2.24, 2.45) is 16.9 Å². The average Bonchev–Trinajstić information content (AvgIpc) is 2.72. The number of phenolic OH excluding ortho intramolecular Hbond substituents is 1. The van der Waals surface area contributed by atoms with E-state index in [1.165, 1.54) is 44.9 Å². The van der Waals surface area contributed by atoms with Crippen LogP contribution in [0.3, 0.4) is 0 Å². The molecule has 0 heterocycles. The molecule has 2 aromatic carbocycles. The third kappa shape index (κ3) is 4.00. The Morgan fingerprint density at radius 3 is 2.44 bits per heavy atom. The van der Waals surface area contributed by atoms with Crippen LogP contribution in [-0.2, 0) is 0 Å². The van der Waals surface area contributed by atoms with Gasteiger partial charge in [-0.3, -0.25) is 4.79 Å². The molecule has 1 atom stereocenters. The molecule has 0 aliphatic heterocycles. The van der Waals surface area contributed by atoms with Gasteiger partial charge in [0.2, 0.25) is 0 Å². The van der Waals surface area contributed by atoms with E-state index in [4.69, 9.17) is 0 Å². The molecule has 0 aromatic heterocycles. The van der Waals surface area contributed by atoms with Crippen LogP contribution in [0.4, 0.5) is 0 Å². The molecule has 4 nitrogen and oxygen atoms in total. The number of rotatable bonds is 3. The van der Waals surface area contributed by atoms with Crippen LogP contribution < -0.4 is 5.43 Å². The highest BCUT2D eigenvalue weighted by Gasteiger charge is 2.30. The van der Waals surface area contributed by atoms with Crippen molar-refractivity contribution >= 4 is 22.4 Å². The van der Waals surface area contributed by atoms with Gasteiger partial charge in [0.1, 0.15) is 5.75 Å². The Morgan fingerprint density at radius 2 is 1.67 bits per heavy atom. The van der Waals surface area contributed by atoms with Gasteiger partial charge in [-0.1, -0.05) is 49.9 Å². The van der Waals surface area contributed by atoms with Crippen molar-refractivity contribution in [2.45, 2.75) is 57.8 Å². The smallest absolute Gasteiger partial charge is 0.275 e. The molecule has 0 radical (unpaired) electrons. The Morgan fingerprint density at radius 1 is 0.963 bits per heavy atom. The minimum atomic E-state index is -0.335. The second-order valence-corrected chi connectivity index (χ2v) is 8.01. The van der Waals surface area contributed by atoms with E-state index in [2.05, 4.69) is 10.5 Å². The summed E-state index contributed by atoms with van der Waals surface area (Å²) in [6, 6.07) is 11.1. The number of carbonyl (C=O) groups excluding carboxylic acids is 1. The third-order valence-corrected chi connectivity index (χ3v) is 6.25. The highest BCUT2D eigenvalue weighted by molar-refractivity contribution is 6.02. The standard InChI is InChI=1S/C23H28N2O2/c26-22-15-18-11-5-4-10-17(18)14-20(22)23(27)25-24-21-13-7-6-12-19(21)16-8-2-1-3-9-16/h4-5,10-11,14-16,19,26H,1-3,6-9,12-13H2,(H,25,27)/b24-21+. The number of phenols is 1. The molecule has 1 amide bonds. The molecule has 2 saturated carbocycles. The first-order chi connectivity index (χ1) is 13.2. The maximum atomic E-state index is 12.7. The van der Waals surface area contributed by atoms with Gasteiger partial charge in [0.25, 0.3) is 5.91 Å². The lowest BCUT2D eigenvalue weighted by molar-refractivity contribution is 0.0951. The van der Waals surface area contributed by atoms with E-state index >= 15 is 0 Å². The average molecular weight is 364 g/mol. The summed E-state index contributed by atoms with van der Waals surface area (Å²) in [6.07, 6.45) is 11.2. The van der Waals surface area contributed by atoms with Gasteiger partial charge in [-0.25, -0.2) is 5.43 Å². The van der Waals surface area contributed by atoms with Gasteiger partial charge in [-0.2, -0.15) is 5.10 Å². The van der Waals surface area contributed by atoms with Crippen molar-refractivity contribution in [1.82, 2.24) is 5.43 Å². The summed E-state index contributed by atoms with van der Waals surface area (Å²) in [5, 5.41) is 16.7. The van der Waals surface area contributed by atoms with Crippen LogP contribution >= 0.6 is 0 Å². The summed E-state index contributed by atoms with van der Waals surface area (Å²) in [7, 11) is 0. The van der Waals surface area contributed by atoms with Crippen molar-refractivity contribution in [3.05, 3.63) is 42.0 Å². The van der Waals surface area contributed by atoms with Gasteiger partial charge < -0.3 is 5.11 Å². The van der Waals surface area contributed by atoms with Crippen LogP contribution in [0.15, 0.2) is 41.5 Å². The van der Waals surface area contributed by atoms with Gasteiger partial charge in [0.15, 0.2) is 0 Å². The lowest BCUT2D eigenvalue weighted by Crippen LogP contribution is -2.31. The van der Waals surface area contributed by atoms with E-state index in [1.54, 1.807) is 12.1 Å². The zero-order valence-corrected chi connectivity index (χ0v) is 15.8. The number of benzene rings is 2. The largest absolute Gasteiger partial charge is 0.507 e. The second kappa shape index (κ2) is 8.12. The summed E-state index contributed by atoms with van der Waals surface area (Å²) in [5.41, 5.74) is 4.17. The van der Waals surface area contributed by atoms with E-state index in [9.17, 15) is 9.90 Å². The Bertz CT molecular complexity index is 853. The second-order valence-electron chi connectivity index (χ2n) is 8.01. The summed E-state index contributed by atoms with van der Waals surface area (Å²) >= 11 is 0. The van der Waals surface area contributed by atoms with Gasteiger partial charge in [-0.05, 0) is 60.9 Å². The summed E-state index contributed by atoms with van der Waals surface area (Å²) in [6.45, 7) is 0. The Hall–Kier alpha value is -2.36. The molecule has 1 unspecified atom stereocenters. The molecule has 2 N–H and O–H groups in total. The normalized spacial score (nSPS) is 22.8. The Labute approximate surface area is 160 Å². The third-order valence-electron chi connectivity index (χ3n) is 6.25. The molecule has 2 aromatic rings. The fourth-order valence-corrected chi connectivity index (χ4v) is 4.80. The zero-order chi connectivity index (χ0) is 18.6. The molecule has 27 heavy (non-hydrogen) atoms. The number of carbonyl (C=O) groups is 1. The number of aromatic hydroxyl groups is 1. The lowest BCUT2D eigenvalue weighted by atomic mass is 9.72. The molecule has 4 rings (SSSR count). The molecule has 142 valence electrons. The first-order valence-corrected chi connectivity index (χ1v) is 10.3. The number of hydrogen-bond acceptors (Lipinski definition) is 3. The number of fused-ring (bicyclic) bond motifs is 1. The highest BCUT2D eigenvalue weighted by Crippen LogP contribution is 2.37. The predicted octanol–water partition coefficient (Wildman–Crippen LogP) is 5.40. The van der Waals surface area contributed by atoms with Gasteiger partial charge >= 0.3 is 0 Å². The Balaban J connectivity index is 1.52. The van der Waals surface area contributed by atoms with E-state index in [0.717, 1.165) is 35.2 Å². The van der Waals surface area contributed by atoms with Crippen molar-refractivity contribution in [2.75, 3.05) is 0 Å². The molecule has 4 heteroatoms. The van der Waals surface area contributed by atoms with Crippen molar-refractivity contribution < 1.29 is 9.90 Å². The highest BCUT2D eigenvalue weighted by atomic mass is 16.3. The number of nitrogens with one attached hydrogen (secondary N) is 1. The molecular weight excluding hydrogens is 336 g/mol. The summed E-state index contributed by atoms with van der Waals surface area (Å²) in [5.74, 6) is 0.908. The van der Waals surface area contributed by atoms with Gasteiger partial charge in [-0.15, -0.1) is 0 Å². The fraction of sp³-hybridized carbons (Fsp3) is 0.478. The zero-order valence-electron chi connectivity index (χ0n) is 15.8. The number of nitrogens with zero attached hydrogens (tertiary/aromatic N) is 1. The number of amides is 1. The molecule has 0 spiro atoms. The number of hydrazone groups is 1. The van der Waals surface area contributed by atoms with Crippen LogP contribution in [0.25, 0.3) is 10.8 Å². The minimum absolute atomic E-state index is 0.00104. The van der Waals surface area contributed by atoms with Crippen LogP contribution in [0.5, 0.6) is 5.75 Å². The van der Waals surface area contributed by atoms with Crippen LogP contribution in [-0.4, -0.2) is 16.7 Å². The molecule has 2 fully saturated rings. The van der Waals surface area contributed by atoms with E-state index < -0.39 is 0 Å². The van der Waals surface area contributed by atoms with Crippen molar-refractivity contribution in [3.63, 3.8) is 0 Å². The molecule has 2 aliphatic carbocycles. The number of hydrogen-bond donors (Lipinski definition) is 2. The molecule has 0 bridgehead atoms. The van der Waals surface area contributed by atoms with Crippen molar-refractivity contribution in [3.8, 4) is 5.75 Å². The summed E-state index contributed by atoms with van der Waals surface area (Å²) in [4.78, 5) is 12.7. The maximum Gasteiger partial charge on any atom is 0.275 e. The van der Waals surface area contributed by atoms with Gasteiger partial charge in [0.05, 0.1) is 5.56 Å². The predicted molar refractivity (Wildman–Crippen MR) is 109 cm³/mol. The maximum absolute atomic E-state index is 12.7. The summed E-state index contributed by atoms with van der Waals surface area (Å²) < 4.78 is 0. The fourth-order valence-electron chi connectivity index (χ4n) is 4.80. The van der Waals surface area contributed by atoms with E-state index in [1.807, 2.05) is 24.3 Å². The topological polar surface area (TPSA) is 61.7 Å². The first kappa shape index (κ1) is 18.0. The molecule has 2 aliphatic rings. The van der Waals surface area contributed by atoms with Crippen LogP contribution in [0.2, 0.25) is 0 Å². The monoisotopic (exact) mass is 364 g/mol. The quantitative estimate of drug-likeness (QED) is 0.716. The Kier molecular flexibility index (Phi) is 5.42. The van der Waals surface area contributed by atoms with Crippen LogP contribution in [0, 0.1) is 11.8 Å². The van der Waals surface area contributed by atoms with Gasteiger partial charge in [0, 0.05) is 11.6 Å². The lowest BCUT2D eigenvalue weighted by Gasteiger charge is -2.33. The van der Waals surface area contributed by atoms with E-state index in [0.29, 0.717) is 5.92 Å². The van der Waals surface area contributed by atoms with E-state index in [-0.39, 0.29) is 17.2 Å². The molecular formula is C23H28N2O2. The molecule has 0 saturated heterocycles. The first-order valence-electron chi connectivity index (χ1n) is 10.3. The minimum Gasteiger partial charge on any atom is -0.507 e.